The standard InChI is InChI=1S/C19H20ClNO4S/c1-13-3-8-17(24-2)16(11-13)21-18(22)12-25-19(23)9-10-26-15-6-4-14(20)5-7-15/h3-8,11H,9-10,12H2,1-2H3,(H,21,22). The molecule has 0 saturated carbocycles. The molecule has 2 aromatic carbocycles. The van der Waals surface area contributed by atoms with Crippen LogP contribution < -0.4 is 10.1 Å². The van der Waals surface area contributed by atoms with Gasteiger partial charge in [-0.3, -0.25) is 9.59 Å². The predicted molar refractivity (Wildman–Crippen MR) is 104 cm³/mol. The molecule has 0 aromatic heterocycles. The molecular formula is C19H20ClNO4S. The van der Waals surface area contributed by atoms with E-state index in [-0.39, 0.29) is 13.0 Å². The maximum Gasteiger partial charge on any atom is 0.307 e. The van der Waals surface area contributed by atoms with Crippen molar-refractivity contribution < 1.29 is 19.1 Å². The average Bonchev–Trinajstić information content (AvgIpc) is 2.62. The lowest BCUT2D eigenvalue weighted by Crippen LogP contribution is -2.21. The largest absolute Gasteiger partial charge is 0.495 e. The first kappa shape index (κ1) is 20.1. The third-order valence-corrected chi connectivity index (χ3v) is 4.65. The van der Waals surface area contributed by atoms with Gasteiger partial charge in [0.1, 0.15) is 5.75 Å². The van der Waals surface area contributed by atoms with Crippen molar-refractivity contribution in [2.24, 2.45) is 0 Å². The first-order chi connectivity index (χ1) is 12.5. The van der Waals surface area contributed by atoms with Crippen LogP contribution in [0.2, 0.25) is 5.02 Å². The van der Waals surface area contributed by atoms with Gasteiger partial charge in [-0.2, -0.15) is 0 Å². The highest BCUT2D eigenvalue weighted by Gasteiger charge is 2.11. The summed E-state index contributed by atoms with van der Waals surface area (Å²) in [5.41, 5.74) is 1.53. The molecule has 0 spiro atoms. The lowest BCUT2D eigenvalue weighted by atomic mass is 10.2. The van der Waals surface area contributed by atoms with Gasteiger partial charge in [0.25, 0.3) is 5.91 Å². The minimum atomic E-state index is -0.419. The molecule has 0 heterocycles. The van der Waals surface area contributed by atoms with Crippen LogP contribution in [-0.2, 0) is 14.3 Å². The van der Waals surface area contributed by atoms with E-state index in [1.165, 1.54) is 18.9 Å². The van der Waals surface area contributed by atoms with Gasteiger partial charge in [-0.25, -0.2) is 0 Å². The van der Waals surface area contributed by atoms with Gasteiger partial charge in [-0.1, -0.05) is 17.7 Å². The normalized spacial score (nSPS) is 10.3. The van der Waals surface area contributed by atoms with Crippen LogP contribution in [0, 0.1) is 6.92 Å². The fourth-order valence-electron chi connectivity index (χ4n) is 2.11. The average molecular weight is 394 g/mol. The lowest BCUT2D eigenvalue weighted by molar-refractivity contribution is -0.146. The Kier molecular flexibility index (Phi) is 7.81. The number of anilines is 1. The number of hydrogen-bond donors (Lipinski definition) is 1. The van der Waals surface area contributed by atoms with Crippen molar-refractivity contribution in [3.05, 3.63) is 53.1 Å². The fraction of sp³-hybridized carbons (Fsp3) is 0.263. The third-order valence-electron chi connectivity index (χ3n) is 3.38. The molecule has 26 heavy (non-hydrogen) atoms. The molecule has 1 N–H and O–H groups in total. The molecule has 7 heteroatoms. The van der Waals surface area contributed by atoms with Crippen molar-refractivity contribution >= 4 is 40.9 Å². The molecule has 0 aliphatic heterocycles. The monoisotopic (exact) mass is 393 g/mol. The summed E-state index contributed by atoms with van der Waals surface area (Å²) in [5.74, 6) is 0.286. The van der Waals surface area contributed by atoms with E-state index >= 15 is 0 Å². The summed E-state index contributed by atoms with van der Waals surface area (Å²) < 4.78 is 10.2. The van der Waals surface area contributed by atoms with Crippen molar-refractivity contribution in [1.82, 2.24) is 0 Å². The molecule has 0 bridgehead atoms. The molecule has 0 aliphatic rings. The highest BCUT2D eigenvalue weighted by atomic mass is 35.5. The summed E-state index contributed by atoms with van der Waals surface area (Å²) in [4.78, 5) is 24.7. The van der Waals surface area contributed by atoms with Gasteiger partial charge in [0.05, 0.1) is 19.2 Å². The van der Waals surface area contributed by atoms with Crippen LogP contribution in [0.3, 0.4) is 0 Å². The molecule has 2 aromatic rings. The molecule has 0 radical (unpaired) electrons. The second kappa shape index (κ2) is 10.1. The zero-order chi connectivity index (χ0) is 18.9. The summed E-state index contributed by atoms with van der Waals surface area (Å²) in [6, 6.07) is 12.8. The fourth-order valence-corrected chi connectivity index (χ4v) is 3.07. The summed E-state index contributed by atoms with van der Waals surface area (Å²) >= 11 is 7.35. The smallest absolute Gasteiger partial charge is 0.307 e. The highest BCUT2D eigenvalue weighted by Crippen LogP contribution is 2.25. The van der Waals surface area contributed by atoms with Crippen molar-refractivity contribution in [1.29, 1.82) is 0 Å². The second-order valence-corrected chi connectivity index (χ2v) is 7.07. The Balaban J connectivity index is 1.72. The number of thioether (sulfide) groups is 1. The Morgan fingerprint density at radius 3 is 2.58 bits per heavy atom. The third kappa shape index (κ3) is 6.61. The van der Waals surface area contributed by atoms with Gasteiger partial charge in [0.2, 0.25) is 0 Å². The number of aryl methyl sites for hydroxylation is 1. The number of halogens is 1. The number of carbonyl (C=O) groups excluding carboxylic acids is 2. The Hall–Kier alpha value is -2.18. The summed E-state index contributed by atoms with van der Waals surface area (Å²) in [6.45, 7) is 1.58. The molecule has 5 nitrogen and oxygen atoms in total. The molecular weight excluding hydrogens is 374 g/mol. The number of esters is 1. The summed E-state index contributed by atoms with van der Waals surface area (Å²) in [5, 5.41) is 3.36. The zero-order valence-corrected chi connectivity index (χ0v) is 16.2. The Bertz CT molecular complexity index is 765. The van der Waals surface area contributed by atoms with Crippen molar-refractivity contribution in [3.8, 4) is 5.75 Å². The minimum absolute atomic E-state index is 0.217. The Labute approximate surface area is 162 Å². The number of nitrogens with one attached hydrogen (secondary N) is 1. The number of benzene rings is 2. The minimum Gasteiger partial charge on any atom is -0.495 e. The number of carbonyl (C=O) groups is 2. The van der Waals surface area contributed by atoms with Gasteiger partial charge >= 0.3 is 5.97 Å². The van der Waals surface area contributed by atoms with Crippen LogP contribution >= 0.6 is 23.4 Å². The molecule has 138 valence electrons. The molecule has 0 atom stereocenters. The Morgan fingerprint density at radius 2 is 1.88 bits per heavy atom. The van der Waals surface area contributed by atoms with Gasteiger partial charge < -0.3 is 14.8 Å². The van der Waals surface area contributed by atoms with E-state index in [4.69, 9.17) is 21.1 Å². The van der Waals surface area contributed by atoms with E-state index in [0.717, 1.165) is 10.5 Å². The lowest BCUT2D eigenvalue weighted by Gasteiger charge is -2.11. The highest BCUT2D eigenvalue weighted by molar-refractivity contribution is 7.99. The Morgan fingerprint density at radius 1 is 1.15 bits per heavy atom. The molecule has 0 saturated heterocycles. The second-order valence-electron chi connectivity index (χ2n) is 5.46. The number of ether oxygens (including phenoxy) is 2. The van der Waals surface area contributed by atoms with E-state index in [2.05, 4.69) is 5.32 Å². The quantitative estimate of drug-likeness (QED) is 0.534. The van der Waals surface area contributed by atoms with Crippen LogP contribution in [0.1, 0.15) is 12.0 Å². The van der Waals surface area contributed by atoms with Crippen molar-refractivity contribution in [2.45, 2.75) is 18.2 Å². The van der Waals surface area contributed by atoms with Crippen molar-refractivity contribution in [2.75, 3.05) is 24.8 Å². The summed E-state index contributed by atoms with van der Waals surface area (Å²) in [6.07, 6.45) is 0.217. The van der Waals surface area contributed by atoms with Crippen LogP contribution in [0.5, 0.6) is 5.75 Å². The number of hydrogen-bond acceptors (Lipinski definition) is 5. The summed E-state index contributed by atoms with van der Waals surface area (Å²) in [7, 11) is 1.53. The molecule has 1 amide bonds. The molecule has 0 aliphatic carbocycles. The van der Waals surface area contributed by atoms with Crippen LogP contribution in [0.15, 0.2) is 47.4 Å². The van der Waals surface area contributed by atoms with Gasteiger partial charge in [-0.15, -0.1) is 11.8 Å². The van der Waals surface area contributed by atoms with E-state index in [9.17, 15) is 9.59 Å². The zero-order valence-electron chi connectivity index (χ0n) is 14.6. The maximum atomic E-state index is 12.0. The van der Waals surface area contributed by atoms with Crippen LogP contribution in [-0.4, -0.2) is 31.3 Å². The van der Waals surface area contributed by atoms with Gasteiger partial charge in [0, 0.05) is 15.7 Å². The van der Waals surface area contributed by atoms with E-state index in [1.54, 1.807) is 24.3 Å². The molecule has 0 unspecified atom stereocenters. The first-order valence-electron chi connectivity index (χ1n) is 7.96. The number of methoxy groups -OCH3 is 1. The van der Waals surface area contributed by atoms with Crippen molar-refractivity contribution in [3.63, 3.8) is 0 Å². The van der Waals surface area contributed by atoms with E-state index < -0.39 is 11.9 Å². The predicted octanol–water partition coefficient (Wildman–Crippen LogP) is 4.32. The SMILES string of the molecule is COc1ccc(C)cc1NC(=O)COC(=O)CCSc1ccc(Cl)cc1. The topological polar surface area (TPSA) is 64.6 Å². The number of rotatable bonds is 8. The maximum absolute atomic E-state index is 12.0. The molecule has 0 fully saturated rings. The van der Waals surface area contributed by atoms with Gasteiger partial charge in [-0.05, 0) is 48.9 Å². The first-order valence-corrected chi connectivity index (χ1v) is 9.33. The van der Waals surface area contributed by atoms with Gasteiger partial charge in [0.15, 0.2) is 6.61 Å². The van der Waals surface area contributed by atoms with E-state index in [1.807, 2.05) is 25.1 Å². The van der Waals surface area contributed by atoms with Crippen LogP contribution in [0.4, 0.5) is 5.69 Å². The number of amides is 1. The van der Waals surface area contributed by atoms with E-state index in [0.29, 0.717) is 22.2 Å². The van der Waals surface area contributed by atoms with Crippen LogP contribution in [0.25, 0.3) is 0 Å². The molecule has 2 rings (SSSR count).